The fraction of sp³-hybridized carbons (Fsp3) is 0.167. The highest BCUT2D eigenvalue weighted by molar-refractivity contribution is 7.92. The molecule has 8 nitrogen and oxygen atoms in total. The van der Waals surface area contributed by atoms with E-state index in [2.05, 4.69) is 15.3 Å². The first-order valence-electron chi connectivity index (χ1n) is 10.3. The van der Waals surface area contributed by atoms with Crippen molar-refractivity contribution in [3.8, 4) is 0 Å². The average Bonchev–Trinajstić information content (AvgIpc) is 3.18. The van der Waals surface area contributed by atoms with Crippen LogP contribution in [0.2, 0.25) is 0 Å². The average molecular weight is 465 g/mol. The molecule has 3 N–H and O–H groups in total. The monoisotopic (exact) mass is 464 g/mol. The zero-order chi connectivity index (χ0) is 23.8. The summed E-state index contributed by atoms with van der Waals surface area (Å²) < 4.78 is 27.0. The molecule has 1 heterocycles. The van der Waals surface area contributed by atoms with Crippen molar-refractivity contribution in [2.24, 2.45) is 0 Å². The maximum Gasteiger partial charge on any atom is 0.323 e. The molecular weight excluding hydrogens is 440 g/mol. The van der Waals surface area contributed by atoms with Crippen molar-refractivity contribution in [2.45, 2.75) is 24.8 Å². The summed E-state index contributed by atoms with van der Waals surface area (Å²) in [6.07, 6.45) is 0. The molecule has 1 amide bonds. The van der Waals surface area contributed by atoms with Crippen LogP contribution in [0, 0.1) is 6.92 Å². The van der Waals surface area contributed by atoms with Crippen molar-refractivity contribution in [3.63, 3.8) is 0 Å². The highest BCUT2D eigenvalue weighted by Gasteiger charge is 2.21. The Labute approximate surface area is 191 Å². The quantitative estimate of drug-likeness (QED) is 0.405. The van der Waals surface area contributed by atoms with Crippen LogP contribution in [-0.2, 0) is 10.0 Å². The number of nitrogens with zero attached hydrogens (tertiary/aromatic N) is 1. The summed E-state index contributed by atoms with van der Waals surface area (Å²) >= 11 is 0. The Morgan fingerprint density at radius 2 is 1.58 bits per heavy atom. The Morgan fingerprint density at radius 3 is 2.24 bits per heavy atom. The number of fused-ring (bicyclic) bond motifs is 1. The molecule has 0 fully saturated rings. The van der Waals surface area contributed by atoms with Gasteiger partial charge in [-0.3, -0.25) is 9.10 Å². The number of sulfonamides is 1. The summed E-state index contributed by atoms with van der Waals surface area (Å²) in [4.78, 5) is 29.8. The molecule has 33 heavy (non-hydrogen) atoms. The Hall–Kier alpha value is -3.85. The molecule has 170 valence electrons. The summed E-state index contributed by atoms with van der Waals surface area (Å²) in [5.74, 6) is -0.291. The van der Waals surface area contributed by atoms with Gasteiger partial charge in [0.05, 0.1) is 27.7 Å². The third-order valence-electron chi connectivity index (χ3n) is 5.56. The Balaban J connectivity index is 1.48. The van der Waals surface area contributed by atoms with Crippen LogP contribution in [0.15, 0.2) is 76.4 Å². The van der Waals surface area contributed by atoms with E-state index >= 15 is 0 Å². The first-order valence-corrected chi connectivity index (χ1v) is 11.8. The predicted octanol–water partition coefficient (Wildman–Crippen LogP) is 3.48. The number of hydrogen-bond donors (Lipinski definition) is 3. The molecule has 0 aliphatic carbocycles. The zero-order valence-corrected chi connectivity index (χ0v) is 19.2. The molecule has 3 aromatic carbocycles. The highest BCUT2D eigenvalue weighted by atomic mass is 32.2. The van der Waals surface area contributed by atoms with Gasteiger partial charge in [0.15, 0.2) is 0 Å². The number of imidazole rings is 1. The van der Waals surface area contributed by atoms with E-state index in [9.17, 15) is 18.0 Å². The zero-order valence-electron chi connectivity index (χ0n) is 18.4. The fourth-order valence-corrected chi connectivity index (χ4v) is 4.71. The molecule has 0 aliphatic rings. The molecule has 4 aromatic rings. The second kappa shape index (κ2) is 8.59. The van der Waals surface area contributed by atoms with Gasteiger partial charge >= 0.3 is 5.69 Å². The third-order valence-corrected chi connectivity index (χ3v) is 7.36. The van der Waals surface area contributed by atoms with E-state index in [-0.39, 0.29) is 22.5 Å². The third kappa shape index (κ3) is 4.54. The van der Waals surface area contributed by atoms with Gasteiger partial charge < -0.3 is 15.3 Å². The number of aromatic amines is 2. The lowest BCUT2D eigenvalue weighted by atomic mass is 10.1. The van der Waals surface area contributed by atoms with Gasteiger partial charge in [0.25, 0.3) is 15.9 Å². The number of aryl methyl sites for hydroxylation is 1. The van der Waals surface area contributed by atoms with E-state index < -0.39 is 10.0 Å². The topological polar surface area (TPSA) is 115 Å². The van der Waals surface area contributed by atoms with Crippen molar-refractivity contribution < 1.29 is 13.2 Å². The number of amides is 1. The van der Waals surface area contributed by atoms with E-state index in [1.165, 1.54) is 11.4 Å². The largest absolute Gasteiger partial charge is 0.346 e. The van der Waals surface area contributed by atoms with Gasteiger partial charge in [-0.1, -0.05) is 23.8 Å². The van der Waals surface area contributed by atoms with E-state index in [4.69, 9.17) is 0 Å². The molecule has 0 bridgehead atoms. The lowest BCUT2D eigenvalue weighted by molar-refractivity contribution is 0.0940. The van der Waals surface area contributed by atoms with Crippen LogP contribution < -0.4 is 15.3 Å². The summed E-state index contributed by atoms with van der Waals surface area (Å²) in [6, 6.07) is 18.2. The Morgan fingerprint density at radius 1 is 0.939 bits per heavy atom. The minimum absolute atomic E-state index is 0.201. The fourth-order valence-electron chi connectivity index (χ4n) is 3.51. The number of benzene rings is 3. The number of carbonyl (C=O) groups is 1. The molecule has 1 aromatic heterocycles. The minimum Gasteiger partial charge on any atom is -0.346 e. The van der Waals surface area contributed by atoms with Gasteiger partial charge in [0, 0.05) is 12.6 Å². The van der Waals surface area contributed by atoms with E-state index in [1.807, 2.05) is 26.0 Å². The first kappa shape index (κ1) is 22.3. The van der Waals surface area contributed by atoms with Crippen LogP contribution in [0.25, 0.3) is 11.0 Å². The number of anilines is 1. The number of hydrogen-bond acceptors (Lipinski definition) is 4. The molecule has 0 saturated heterocycles. The number of aromatic nitrogens is 2. The number of H-pyrrole nitrogens is 2. The number of rotatable bonds is 6. The van der Waals surface area contributed by atoms with Gasteiger partial charge in [-0.15, -0.1) is 0 Å². The van der Waals surface area contributed by atoms with Gasteiger partial charge in [-0.2, -0.15) is 0 Å². The Kier molecular flexibility index (Phi) is 5.82. The van der Waals surface area contributed by atoms with Crippen molar-refractivity contribution in [1.29, 1.82) is 0 Å². The molecule has 0 unspecified atom stereocenters. The van der Waals surface area contributed by atoms with Gasteiger partial charge in [-0.05, 0) is 67.9 Å². The standard InChI is InChI=1S/C24H24N4O4S/c1-15-4-11-20(12-5-15)33(31,32)28(3)19-9-6-17(7-10-19)23(29)25-16(2)18-8-13-21-22(14-18)27-24(30)26-21/h4-14,16H,1-3H3,(H,25,29)(H2,26,27,30)/t16-/m1/s1. The van der Waals surface area contributed by atoms with Gasteiger partial charge in [-0.25, -0.2) is 13.2 Å². The van der Waals surface area contributed by atoms with Crippen LogP contribution in [-0.4, -0.2) is 31.3 Å². The molecule has 9 heteroatoms. The SMILES string of the molecule is Cc1ccc(S(=O)(=O)N(C)c2ccc(C(=O)N[C@H](C)c3ccc4[nH]c(=O)[nH]c4c3)cc2)cc1. The van der Waals surface area contributed by atoms with Gasteiger partial charge in [0.2, 0.25) is 0 Å². The van der Waals surface area contributed by atoms with Crippen LogP contribution in [0.4, 0.5) is 5.69 Å². The van der Waals surface area contributed by atoms with Crippen LogP contribution in [0.5, 0.6) is 0 Å². The van der Waals surface area contributed by atoms with Gasteiger partial charge in [0.1, 0.15) is 0 Å². The van der Waals surface area contributed by atoms with Crippen molar-refractivity contribution in [2.75, 3.05) is 11.4 Å². The minimum atomic E-state index is -3.71. The maximum absolute atomic E-state index is 12.9. The van der Waals surface area contributed by atoms with Crippen molar-refractivity contribution >= 4 is 32.7 Å². The van der Waals surface area contributed by atoms with Crippen LogP contribution >= 0.6 is 0 Å². The summed E-state index contributed by atoms with van der Waals surface area (Å²) in [7, 11) is -2.23. The lowest BCUT2D eigenvalue weighted by Gasteiger charge is -2.20. The van der Waals surface area contributed by atoms with E-state index in [1.54, 1.807) is 54.6 Å². The second-order valence-electron chi connectivity index (χ2n) is 7.91. The maximum atomic E-state index is 12.9. The molecule has 0 aliphatic heterocycles. The van der Waals surface area contributed by atoms with Crippen LogP contribution in [0.3, 0.4) is 0 Å². The molecular formula is C24H24N4O4S. The Bertz CT molecular complexity index is 1470. The second-order valence-corrected chi connectivity index (χ2v) is 9.88. The van der Waals surface area contributed by atoms with Crippen molar-refractivity contribution in [1.82, 2.24) is 15.3 Å². The summed E-state index contributed by atoms with van der Waals surface area (Å²) in [5, 5.41) is 2.92. The van der Waals surface area contributed by atoms with E-state index in [0.29, 0.717) is 22.3 Å². The number of carbonyl (C=O) groups excluding carboxylic acids is 1. The van der Waals surface area contributed by atoms with E-state index in [0.717, 1.165) is 11.1 Å². The number of nitrogens with one attached hydrogen (secondary N) is 3. The van der Waals surface area contributed by atoms with Crippen LogP contribution in [0.1, 0.15) is 34.5 Å². The summed E-state index contributed by atoms with van der Waals surface area (Å²) in [5.41, 5.74) is 3.75. The van der Waals surface area contributed by atoms with Crippen molar-refractivity contribution in [3.05, 3.63) is 93.9 Å². The summed E-state index contributed by atoms with van der Waals surface area (Å²) in [6.45, 7) is 3.74. The molecule has 0 saturated carbocycles. The highest BCUT2D eigenvalue weighted by Crippen LogP contribution is 2.23. The lowest BCUT2D eigenvalue weighted by Crippen LogP contribution is -2.28. The molecule has 0 radical (unpaired) electrons. The smallest absolute Gasteiger partial charge is 0.323 e. The molecule has 4 rings (SSSR count). The first-order chi connectivity index (χ1) is 15.6. The normalized spacial score (nSPS) is 12.5. The molecule has 0 spiro atoms. The molecule has 1 atom stereocenters. The predicted molar refractivity (Wildman–Crippen MR) is 128 cm³/mol.